The number of H-pyrrole nitrogens is 3. The zero-order chi connectivity index (χ0) is 24.0. The lowest BCUT2D eigenvalue weighted by Gasteiger charge is -2.11. The predicted octanol–water partition coefficient (Wildman–Crippen LogP) is 1.79. The van der Waals surface area contributed by atoms with E-state index in [0.717, 1.165) is 5.56 Å². The second kappa shape index (κ2) is 8.03. The molecule has 0 bridgehead atoms. The molecule has 0 aliphatic carbocycles. The molecule has 0 aliphatic rings. The minimum Gasteiger partial charge on any atom is -0.484 e. The summed E-state index contributed by atoms with van der Waals surface area (Å²) in [4.78, 5) is 56.2. The molecule has 2 aromatic carbocycles. The van der Waals surface area contributed by atoms with Gasteiger partial charge in [-0.25, -0.2) is 9.97 Å². The number of nitrogens with zero attached hydrogens (tertiary/aromatic N) is 4. The first-order valence-corrected chi connectivity index (χ1v) is 10.4. The van der Waals surface area contributed by atoms with E-state index >= 15 is 0 Å². The van der Waals surface area contributed by atoms with Gasteiger partial charge < -0.3 is 19.6 Å². The lowest BCUT2D eigenvalue weighted by atomic mass is 10.2. The van der Waals surface area contributed by atoms with Gasteiger partial charge >= 0.3 is 0 Å². The van der Waals surface area contributed by atoms with Crippen LogP contribution in [-0.2, 0) is 4.79 Å². The molecule has 5 rings (SSSR count). The van der Waals surface area contributed by atoms with E-state index in [-0.39, 0.29) is 29.3 Å². The number of aromatic nitrogens is 6. The summed E-state index contributed by atoms with van der Waals surface area (Å²) < 4.78 is 7.42. The number of aryl methyl sites for hydroxylation is 1. The highest BCUT2D eigenvalue weighted by atomic mass is 16.5. The van der Waals surface area contributed by atoms with Gasteiger partial charge in [0.25, 0.3) is 17.0 Å². The second-order valence-corrected chi connectivity index (χ2v) is 8.05. The molecule has 34 heavy (non-hydrogen) atoms. The summed E-state index contributed by atoms with van der Waals surface area (Å²) in [6, 6.07) is 10.7. The van der Waals surface area contributed by atoms with Gasteiger partial charge in [0.15, 0.2) is 12.1 Å². The largest absolute Gasteiger partial charge is 0.484 e. The van der Waals surface area contributed by atoms with Gasteiger partial charge in [-0.05, 0) is 36.8 Å². The van der Waals surface area contributed by atoms with E-state index in [4.69, 9.17) is 4.74 Å². The number of amides is 1. The molecule has 11 nitrogen and oxygen atoms in total. The Morgan fingerprint density at radius 3 is 2.68 bits per heavy atom. The van der Waals surface area contributed by atoms with Crippen molar-refractivity contribution in [2.24, 2.45) is 0 Å². The van der Waals surface area contributed by atoms with E-state index in [1.54, 1.807) is 42.8 Å². The molecule has 3 aromatic heterocycles. The number of imidazole rings is 2. The zero-order valence-corrected chi connectivity index (χ0v) is 18.7. The third kappa shape index (κ3) is 3.62. The van der Waals surface area contributed by atoms with Crippen LogP contribution in [0, 0.1) is 6.92 Å². The molecule has 1 amide bonds. The first-order valence-electron chi connectivity index (χ1n) is 10.4. The summed E-state index contributed by atoms with van der Waals surface area (Å²) in [5, 5.41) is 0. The highest BCUT2D eigenvalue weighted by Crippen LogP contribution is 2.24. The number of carbonyl (C=O) groups excluding carboxylic acids is 1. The van der Waals surface area contributed by atoms with Crippen LogP contribution in [0.25, 0.3) is 38.9 Å². The van der Waals surface area contributed by atoms with Crippen LogP contribution in [0.2, 0.25) is 0 Å². The molecule has 0 spiro atoms. The highest BCUT2D eigenvalue weighted by Gasteiger charge is 2.12. The average Bonchev–Trinajstić information content (AvgIpc) is 3.42. The molecule has 0 radical (unpaired) electrons. The maximum Gasteiger partial charge on any atom is 0.276 e. The van der Waals surface area contributed by atoms with E-state index in [0.29, 0.717) is 27.8 Å². The first kappa shape index (κ1) is 21.2. The van der Waals surface area contributed by atoms with Crippen LogP contribution in [0.1, 0.15) is 5.56 Å². The number of likely N-dealkylation sites (N-methyl/N-ethyl adjacent to an activating group) is 1. The van der Waals surface area contributed by atoms with Crippen molar-refractivity contribution in [3.63, 3.8) is 0 Å². The van der Waals surface area contributed by atoms with E-state index in [9.17, 15) is 14.4 Å². The van der Waals surface area contributed by atoms with E-state index in [2.05, 4.69) is 24.9 Å². The summed E-state index contributed by atoms with van der Waals surface area (Å²) in [6.07, 6.45) is 1.29. The van der Waals surface area contributed by atoms with Crippen molar-refractivity contribution in [2.45, 2.75) is 6.92 Å². The Bertz CT molecular complexity index is 1770. The topological polar surface area (TPSA) is 141 Å². The summed E-state index contributed by atoms with van der Waals surface area (Å²) in [5.74, 6) is 0.538. The Balaban J connectivity index is 1.91. The Labute approximate surface area is 191 Å². The number of nitrogens with one attached hydrogen (secondary N) is 3. The molecule has 3 N–H and O–H groups in total. The van der Waals surface area contributed by atoms with Crippen molar-refractivity contribution in [3.8, 4) is 5.75 Å². The van der Waals surface area contributed by atoms with E-state index in [1.165, 1.54) is 11.2 Å². The van der Waals surface area contributed by atoms with Crippen molar-refractivity contribution in [2.75, 3.05) is 20.7 Å². The first-order chi connectivity index (χ1) is 16.3. The van der Waals surface area contributed by atoms with Gasteiger partial charge in [-0.1, -0.05) is 6.07 Å². The smallest absolute Gasteiger partial charge is 0.276 e. The Kier molecular flexibility index (Phi) is 5.01. The number of hydrogen-bond acceptors (Lipinski definition) is 6. The number of rotatable bonds is 3. The monoisotopic (exact) mass is 459 g/mol. The third-order valence-electron chi connectivity index (χ3n) is 5.44. The molecule has 0 saturated carbocycles. The van der Waals surface area contributed by atoms with Gasteiger partial charge in [-0.15, -0.1) is 0 Å². The van der Waals surface area contributed by atoms with Crippen molar-refractivity contribution in [1.82, 2.24) is 34.2 Å². The van der Waals surface area contributed by atoms with E-state index < -0.39 is 11.1 Å². The lowest BCUT2D eigenvalue weighted by Crippen LogP contribution is -2.27. The molecule has 0 saturated heterocycles. The van der Waals surface area contributed by atoms with Gasteiger partial charge in [-0.3, -0.25) is 23.8 Å². The summed E-state index contributed by atoms with van der Waals surface area (Å²) >= 11 is 0. The van der Waals surface area contributed by atoms with Gasteiger partial charge in [0.2, 0.25) is 5.78 Å². The Hall–Kier alpha value is -4.67. The number of carbonyl (C=O) groups is 1. The van der Waals surface area contributed by atoms with Crippen molar-refractivity contribution in [1.29, 1.82) is 0 Å². The third-order valence-corrected chi connectivity index (χ3v) is 5.44. The second-order valence-electron chi connectivity index (χ2n) is 8.05. The minimum absolute atomic E-state index is 0.0187. The van der Waals surface area contributed by atoms with Gasteiger partial charge in [0.1, 0.15) is 11.3 Å². The molecule has 3 heterocycles. The standard InChI is InChI=1S/C23H21N7O4/c1-12-4-6-14-16(8-12)30-17-9-13(34-10-18(31)29(2)3)5-7-15(17)27-23(30)28-22(33)20-19(21(32)26-14)24-11-25-20/h4-9,11H,10H2,1-3H3,(H,24,25)(H,26,32)(H,27,28,33). The fourth-order valence-electron chi connectivity index (χ4n) is 3.66. The van der Waals surface area contributed by atoms with Crippen LogP contribution in [0.3, 0.4) is 0 Å². The molecule has 11 heteroatoms. The fraction of sp³-hybridized carbons (Fsp3) is 0.174. The molecule has 0 aliphatic heterocycles. The molecular weight excluding hydrogens is 438 g/mol. The number of hydrogen-bond donors (Lipinski definition) is 3. The highest BCUT2D eigenvalue weighted by molar-refractivity contribution is 5.88. The fourth-order valence-corrected chi connectivity index (χ4v) is 3.66. The van der Waals surface area contributed by atoms with Crippen LogP contribution < -0.4 is 15.9 Å². The quantitative estimate of drug-likeness (QED) is 0.376. The number of ether oxygens (including phenoxy) is 1. The van der Waals surface area contributed by atoms with Crippen LogP contribution in [0.15, 0.2) is 52.3 Å². The van der Waals surface area contributed by atoms with E-state index in [1.807, 2.05) is 19.1 Å². The van der Waals surface area contributed by atoms with Crippen molar-refractivity contribution < 1.29 is 9.53 Å². The minimum atomic E-state index is -0.552. The Morgan fingerprint density at radius 1 is 1.06 bits per heavy atom. The van der Waals surface area contributed by atoms with Gasteiger partial charge in [-0.2, -0.15) is 0 Å². The molecule has 0 fully saturated rings. The summed E-state index contributed by atoms with van der Waals surface area (Å²) in [5.41, 5.74) is 2.20. The Morgan fingerprint density at radius 2 is 1.88 bits per heavy atom. The van der Waals surface area contributed by atoms with Gasteiger partial charge in [0, 0.05) is 20.2 Å². The summed E-state index contributed by atoms with van der Waals surface area (Å²) in [7, 11) is 3.31. The molecule has 172 valence electrons. The maximum absolute atomic E-state index is 13.0. The van der Waals surface area contributed by atoms with Crippen LogP contribution >= 0.6 is 0 Å². The number of fused-ring (bicyclic) bond motifs is 6. The van der Waals surface area contributed by atoms with Crippen LogP contribution in [-0.4, -0.2) is 60.8 Å². The van der Waals surface area contributed by atoms with Crippen LogP contribution in [0.4, 0.5) is 0 Å². The predicted molar refractivity (Wildman–Crippen MR) is 128 cm³/mol. The average molecular weight is 459 g/mol. The van der Waals surface area contributed by atoms with Crippen molar-refractivity contribution in [3.05, 3.63) is 69.0 Å². The summed E-state index contributed by atoms with van der Waals surface area (Å²) in [6.45, 7) is 1.80. The molecule has 5 aromatic rings. The number of aromatic amines is 3. The van der Waals surface area contributed by atoms with Crippen LogP contribution in [0.5, 0.6) is 5.75 Å². The molecular formula is C23H21N7O4. The molecule has 0 unspecified atom stereocenters. The zero-order valence-electron chi connectivity index (χ0n) is 18.7. The maximum atomic E-state index is 13.0. The van der Waals surface area contributed by atoms with Gasteiger partial charge in [0.05, 0.1) is 28.4 Å². The molecule has 0 atom stereocenters. The normalized spacial score (nSPS) is 11.3. The van der Waals surface area contributed by atoms with Crippen molar-refractivity contribution >= 4 is 44.8 Å². The lowest BCUT2D eigenvalue weighted by molar-refractivity contribution is -0.130. The number of benzene rings is 2. The SMILES string of the molecule is Cc1ccc2[nH]c(=O)c3nc[nH]c3c(=O)[nH]c3nc4ccc(OCC(=O)N(C)C)cc4n3c2c1.